The minimum atomic E-state index is -3.73. The van der Waals surface area contributed by atoms with Crippen LogP contribution in [0.5, 0.6) is 0 Å². The molecule has 31 heavy (non-hydrogen) atoms. The fraction of sp³-hybridized carbons (Fsp3) is 0.304. The van der Waals surface area contributed by atoms with Gasteiger partial charge >= 0.3 is 5.97 Å². The predicted octanol–water partition coefficient (Wildman–Crippen LogP) is 3.43. The molecule has 0 saturated heterocycles. The number of carbonyl (C=O) groups is 2. The van der Waals surface area contributed by atoms with Crippen molar-refractivity contribution in [3.8, 4) is 0 Å². The summed E-state index contributed by atoms with van der Waals surface area (Å²) in [4.78, 5) is 24.2. The summed E-state index contributed by atoms with van der Waals surface area (Å²) in [5.74, 6) is -2.79. The number of nitrogens with zero attached hydrogens (tertiary/aromatic N) is 1. The van der Waals surface area contributed by atoms with Crippen LogP contribution in [0.4, 0.5) is 11.4 Å². The van der Waals surface area contributed by atoms with E-state index in [0.717, 1.165) is 18.4 Å². The largest absolute Gasteiger partial charge is 0.481 e. The molecule has 8 heteroatoms. The van der Waals surface area contributed by atoms with Gasteiger partial charge in [0.15, 0.2) is 0 Å². The van der Waals surface area contributed by atoms with Gasteiger partial charge in [-0.05, 0) is 61.6 Å². The summed E-state index contributed by atoms with van der Waals surface area (Å²) >= 11 is 0. The Morgan fingerprint density at radius 2 is 1.65 bits per heavy atom. The van der Waals surface area contributed by atoms with Gasteiger partial charge in [-0.2, -0.15) is 0 Å². The summed E-state index contributed by atoms with van der Waals surface area (Å²) in [5.41, 5.74) is 2.15. The van der Waals surface area contributed by atoms with E-state index in [4.69, 9.17) is 0 Å². The second-order valence-electron chi connectivity index (χ2n) is 7.82. The van der Waals surface area contributed by atoms with Crippen molar-refractivity contribution in [1.29, 1.82) is 0 Å². The van der Waals surface area contributed by atoms with Gasteiger partial charge in [-0.3, -0.25) is 13.9 Å². The standard InChI is InChI=1S/C23H24N2O5S/c26-22(19-8-2-3-9-20(19)23(27)28)24-17-11-13-18(14-12-17)31(29,30)25-15-5-7-16-6-1-4-10-21(16)25/h1-4,6,10-14,19-20H,5,7-9,15H2,(H,24,26)(H,27,28)/t19-,20-/m1/s1. The molecule has 2 aromatic carbocycles. The second-order valence-corrected chi connectivity index (χ2v) is 9.68. The quantitative estimate of drug-likeness (QED) is 0.693. The lowest BCUT2D eigenvalue weighted by atomic mass is 9.82. The molecule has 7 nitrogen and oxygen atoms in total. The Morgan fingerprint density at radius 1 is 0.968 bits per heavy atom. The number of fused-ring (bicyclic) bond motifs is 1. The molecule has 1 heterocycles. The normalized spacial score (nSPS) is 20.7. The monoisotopic (exact) mass is 440 g/mol. The minimum absolute atomic E-state index is 0.145. The number of hydrogen-bond donors (Lipinski definition) is 2. The van der Waals surface area contributed by atoms with E-state index in [9.17, 15) is 23.1 Å². The third-order valence-electron chi connectivity index (χ3n) is 5.86. The number of aliphatic carboxylic acids is 1. The van der Waals surface area contributed by atoms with Crippen LogP contribution >= 0.6 is 0 Å². The highest BCUT2D eigenvalue weighted by Crippen LogP contribution is 2.32. The Balaban J connectivity index is 1.51. The van der Waals surface area contributed by atoms with Crippen LogP contribution in [0.1, 0.15) is 24.8 Å². The zero-order chi connectivity index (χ0) is 22.0. The Bertz CT molecular complexity index is 1120. The molecular formula is C23H24N2O5S. The molecule has 1 aliphatic heterocycles. The van der Waals surface area contributed by atoms with Crippen LogP contribution in [-0.4, -0.2) is 31.9 Å². The number of carboxylic acid groups (broad SMARTS) is 1. The number of hydrogen-bond acceptors (Lipinski definition) is 4. The van der Waals surface area contributed by atoms with Crippen molar-refractivity contribution in [2.45, 2.75) is 30.6 Å². The average molecular weight is 441 g/mol. The van der Waals surface area contributed by atoms with Gasteiger partial charge in [0.25, 0.3) is 10.0 Å². The number of anilines is 2. The van der Waals surface area contributed by atoms with E-state index in [1.807, 2.05) is 30.3 Å². The number of amides is 1. The molecule has 2 aliphatic rings. The van der Waals surface area contributed by atoms with Gasteiger partial charge in [0.05, 0.1) is 22.4 Å². The average Bonchev–Trinajstić information content (AvgIpc) is 2.79. The Kier molecular flexibility index (Phi) is 5.82. The number of rotatable bonds is 5. The molecular weight excluding hydrogens is 416 g/mol. The zero-order valence-electron chi connectivity index (χ0n) is 16.9. The van der Waals surface area contributed by atoms with Crippen LogP contribution in [0, 0.1) is 11.8 Å². The highest BCUT2D eigenvalue weighted by Gasteiger charge is 2.34. The molecule has 162 valence electrons. The van der Waals surface area contributed by atoms with E-state index in [-0.39, 0.29) is 10.8 Å². The van der Waals surface area contributed by atoms with Crippen molar-refractivity contribution >= 4 is 33.3 Å². The maximum atomic E-state index is 13.2. The van der Waals surface area contributed by atoms with Crippen LogP contribution < -0.4 is 9.62 Å². The van der Waals surface area contributed by atoms with Crippen LogP contribution in [0.15, 0.2) is 65.6 Å². The Labute approximate surface area is 181 Å². The van der Waals surface area contributed by atoms with Gasteiger partial charge < -0.3 is 10.4 Å². The molecule has 0 fully saturated rings. The third kappa shape index (κ3) is 4.20. The maximum absolute atomic E-state index is 13.2. The number of carbonyl (C=O) groups excluding carboxylic acids is 1. The van der Waals surface area contributed by atoms with Gasteiger partial charge in [-0.15, -0.1) is 0 Å². The van der Waals surface area contributed by atoms with E-state index in [2.05, 4.69) is 5.32 Å². The molecule has 4 rings (SSSR count). The number of aryl methyl sites for hydroxylation is 1. The number of nitrogens with one attached hydrogen (secondary N) is 1. The second kappa shape index (κ2) is 8.55. The SMILES string of the molecule is O=C(O)[C@@H]1CC=CC[C@H]1C(=O)Nc1ccc(S(=O)(=O)N2CCCc3ccccc32)cc1. The summed E-state index contributed by atoms with van der Waals surface area (Å²) < 4.78 is 27.9. The molecule has 0 radical (unpaired) electrons. The van der Waals surface area contributed by atoms with Crippen molar-refractivity contribution in [3.05, 3.63) is 66.2 Å². The van der Waals surface area contributed by atoms with Gasteiger partial charge in [0.1, 0.15) is 0 Å². The predicted molar refractivity (Wildman–Crippen MR) is 117 cm³/mol. The van der Waals surface area contributed by atoms with E-state index in [1.54, 1.807) is 6.08 Å². The van der Waals surface area contributed by atoms with Gasteiger partial charge in [0.2, 0.25) is 5.91 Å². The lowest BCUT2D eigenvalue weighted by molar-refractivity contribution is -0.146. The van der Waals surface area contributed by atoms with E-state index < -0.39 is 27.8 Å². The summed E-state index contributed by atoms with van der Waals surface area (Å²) in [7, 11) is -3.73. The van der Waals surface area contributed by atoms with Crippen LogP contribution in [-0.2, 0) is 26.0 Å². The number of para-hydroxylation sites is 1. The van der Waals surface area contributed by atoms with Gasteiger partial charge in [0, 0.05) is 12.2 Å². The molecule has 0 saturated carbocycles. The van der Waals surface area contributed by atoms with Crippen molar-refractivity contribution in [2.75, 3.05) is 16.2 Å². The molecule has 2 aromatic rings. The van der Waals surface area contributed by atoms with Crippen molar-refractivity contribution in [1.82, 2.24) is 0 Å². The first-order valence-electron chi connectivity index (χ1n) is 10.3. The van der Waals surface area contributed by atoms with E-state index >= 15 is 0 Å². The van der Waals surface area contributed by atoms with Crippen LogP contribution in [0.2, 0.25) is 0 Å². The number of allylic oxidation sites excluding steroid dienone is 2. The summed E-state index contributed by atoms with van der Waals surface area (Å²) in [6.45, 7) is 0.420. The highest BCUT2D eigenvalue weighted by molar-refractivity contribution is 7.92. The van der Waals surface area contributed by atoms with Crippen molar-refractivity contribution in [2.24, 2.45) is 11.8 Å². The van der Waals surface area contributed by atoms with Crippen LogP contribution in [0.3, 0.4) is 0 Å². The number of benzene rings is 2. The fourth-order valence-corrected chi connectivity index (χ4v) is 5.74. The molecule has 1 amide bonds. The number of sulfonamides is 1. The zero-order valence-corrected chi connectivity index (χ0v) is 17.7. The van der Waals surface area contributed by atoms with E-state index in [1.165, 1.54) is 28.6 Å². The molecule has 0 unspecified atom stereocenters. The van der Waals surface area contributed by atoms with Gasteiger partial charge in [-0.25, -0.2) is 8.42 Å². The first-order chi connectivity index (χ1) is 14.9. The first-order valence-corrected chi connectivity index (χ1v) is 11.7. The molecule has 2 atom stereocenters. The molecule has 0 aromatic heterocycles. The lowest BCUT2D eigenvalue weighted by Gasteiger charge is -2.30. The fourth-order valence-electron chi connectivity index (χ4n) is 4.20. The highest BCUT2D eigenvalue weighted by atomic mass is 32.2. The Morgan fingerprint density at radius 3 is 2.35 bits per heavy atom. The smallest absolute Gasteiger partial charge is 0.307 e. The summed E-state index contributed by atoms with van der Waals surface area (Å²) in [6, 6.07) is 13.5. The van der Waals surface area contributed by atoms with E-state index in [0.29, 0.717) is 30.8 Å². The Hall–Kier alpha value is -3.13. The lowest BCUT2D eigenvalue weighted by Crippen LogP contribution is -2.35. The first kappa shape index (κ1) is 21.1. The van der Waals surface area contributed by atoms with Crippen molar-refractivity contribution < 1.29 is 23.1 Å². The number of carboxylic acids is 1. The molecule has 0 spiro atoms. The van der Waals surface area contributed by atoms with Gasteiger partial charge in [-0.1, -0.05) is 30.4 Å². The third-order valence-corrected chi connectivity index (χ3v) is 7.69. The minimum Gasteiger partial charge on any atom is -0.481 e. The van der Waals surface area contributed by atoms with Crippen molar-refractivity contribution in [3.63, 3.8) is 0 Å². The van der Waals surface area contributed by atoms with Crippen LogP contribution in [0.25, 0.3) is 0 Å². The maximum Gasteiger partial charge on any atom is 0.307 e. The summed E-state index contributed by atoms with van der Waals surface area (Å²) in [6.07, 6.45) is 5.88. The summed E-state index contributed by atoms with van der Waals surface area (Å²) in [5, 5.41) is 12.1. The molecule has 1 aliphatic carbocycles. The molecule has 2 N–H and O–H groups in total. The molecule has 0 bridgehead atoms. The topological polar surface area (TPSA) is 104 Å².